The SMILES string of the molecule is COC(=O)c1c(OCc2ccccn2)cc(=O)n2c1CCN(Cc1ccc3c(c1)OCCO3)CC2. The van der Waals surface area contributed by atoms with Crippen LogP contribution in [0, 0.1) is 0 Å². The number of carbonyl (C=O) groups excluding carboxylic acids is 1. The fourth-order valence-electron chi connectivity index (χ4n) is 4.47. The maximum Gasteiger partial charge on any atom is 0.343 e. The van der Waals surface area contributed by atoms with Gasteiger partial charge in [-0.15, -0.1) is 0 Å². The molecule has 0 N–H and O–H groups in total. The van der Waals surface area contributed by atoms with Crippen molar-refractivity contribution in [1.82, 2.24) is 14.5 Å². The first-order valence-corrected chi connectivity index (χ1v) is 11.6. The number of ether oxygens (including phenoxy) is 4. The molecule has 1 aromatic carbocycles. The van der Waals surface area contributed by atoms with Crippen LogP contribution in [-0.4, -0.2) is 53.8 Å². The van der Waals surface area contributed by atoms with E-state index in [-0.39, 0.29) is 17.9 Å². The number of esters is 1. The van der Waals surface area contributed by atoms with Gasteiger partial charge in [0.2, 0.25) is 0 Å². The Bertz CT molecular complexity index is 1270. The zero-order valence-electron chi connectivity index (χ0n) is 19.6. The van der Waals surface area contributed by atoms with Crippen LogP contribution in [0.3, 0.4) is 0 Å². The minimum absolute atomic E-state index is 0.143. The van der Waals surface area contributed by atoms with Crippen LogP contribution >= 0.6 is 0 Å². The molecular weight excluding hydrogens is 450 g/mol. The monoisotopic (exact) mass is 477 g/mol. The average Bonchev–Trinajstić information content (AvgIpc) is 3.10. The van der Waals surface area contributed by atoms with Gasteiger partial charge < -0.3 is 23.5 Å². The molecule has 0 radical (unpaired) electrons. The Labute approximate surface area is 202 Å². The fourth-order valence-corrected chi connectivity index (χ4v) is 4.47. The van der Waals surface area contributed by atoms with Gasteiger partial charge in [0.25, 0.3) is 5.56 Å². The molecule has 0 fully saturated rings. The third-order valence-electron chi connectivity index (χ3n) is 6.19. The lowest BCUT2D eigenvalue weighted by Crippen LogP contribution is -2.29. The number of hydrogen-bond acceptors (Lipinski definition) is 8. The number of methoxy groups -OCH3 is 1. The van der Waals surface area contributed by atoms with Gasteiger partial charge in [0, 0.05) is 50.6 Å². The lowest BCUT2D eigenvalue weighted by Gasteiger charge is -2.22. The Morgan fingerprint density at radius 2 is 1.91 bits per heavy atom. The highest BCUT2D eigenvalue weighted by Crippen LogP contribution is 2.31. The Hall–Kier alpha value is -3.85. The number of aromatic nitrogens is 2. The maximum atomic E-state index is 13.0. The Morgan fingerprint density at radius 3 is 2.71 bits per heavy atom. The molecule has 3 aromatic rings. The standard InChI is InChI=1S/C26H27N3O6/c1-32-26(31)25-20-7-9-28(16-18-5-6-21-22(14-18)34-13-12-33-21)10-11-29(20)24(30)15-23(25)35-17-19-4-2-3-8-27-19/h2-6,8,14-15H,7,9-13,16-17H2,1H3. The summed E-state index contributed by atoms with van der Waals surface area (Å²) in [5.74, 6) is 1.21. The molecule has 0 unspecified atom stereocenters. The summed E-state index contributed by atoms with van der Waals surface area (Å²) < 4.78 is 23.9. The molecule has 4 heterocycles. The van der Waals surface area contributed by atoms with E-state index in [0.717, 1.165) is 17.1 Å². The van der Waals surface area contributed by atoms with E-state index in [0.29, 0.717) is 62.8 Å². The first kappa shape index (κ1) is 22.9. The van der Waals surface area contributed by atoms with Gasteiger partial charge in [-0.3, -0.25) is 14.7 Å². The van der Waals surface area contributed by atoms with Gasteiger partial charge in [-0.25, -0.2) is 4.79 Å². The molecule has 2 aromatic heterocycles. The molecule has 0 atom stereocenters. The minimum atomic E-state index is -0.523. The predicted octanol–water partition coefficient (Wildman–Crippen LogP) is 2.44. The van der Waals surface area contributed by atoms with E-state index in [1.807, 2.05) is 36.4 Å². The molecule has 0 bridgehead atoms. The minimum Gasteiger partial charge on any atom is -0.486 e. The zero-order chi connectivity index (χ0) is 24.2. The molecule has 0 saturated carbocycles. The van der Waals surface area contributed by atoms with E-state index in [2.05, 4.69) is 9.88 Å². The Morgan fingerprint density at radius 1 is 1.06 bits per heavy atom. The van der Waals surface area contributed by atoms with Crippen molar-refractivity contribution in [3.63, 3.8) is 0 Å². The van der Waals surface area contributed by atoms with Crippen LogP contribution in [0.15, 0.2) is 53.5 Å². The zero-order valence-corrected chi connectivity index (χ0v) is 19.6. The van der Waals surface area contributed by atoms with Crippen molar-refractivity contribution in [3.8, 4) is 17.2 Å². The van der Waals surface area contributed by atoms with E-state index in [9.17, 15) is 9.59 Å². The molecule has 2 aliphatic heterocycles. The third-order valence-corrected chi connectivity index (χ3v) is 6.19. The van der Waals surface area contributed by atoms with Crippen LogP contribution in [0.2, 0.25) is 0 Å². The second kappa shape index (κ2) is 10.2. The highest BCUT2D eigenvalue weighted by Gasteiger charge is 2.26. The van der Waals surface area contributed by atoms with Gasteiger partial charge in [0.1, 0.15) is 31.1 Å². The molecule has 182 valence electrons. The number of rotatable bonds is 6. The second-order valence-corrected chi connectivity index (χ2v) is 8.43. The van der Waals surface area contributed by atoms with Crippen molar-refractivity contribution in [2.45, 2.75) is 26.1 Å². The first-order chi connectivity index (χ1) is 17.1. The molecular formula is C26H27N3O6. The lowest BCUT2D eigenvalue weighted by molar-refractivity contribution is 0.0592. The van der Waals surface area contributed by atoms with Crippen molar-refractivity contribution in [1.29, 1.82) is 0 Å². The van der Waals surface area contributed by atoms with Crippen molar-refractivity contribution >= 4 is 5.97 Å². The first-order valence-electron chi connectivity index (χ1n) is 11.6. The Kier molecular flexibility index (Phi) is 6.67. The summed E-state index contributed by atoms with van der Waals surface area (Å²) in [4.78, 5) is 32.3. The molecule has 0 spiro atoms. The molecule has 0 aliphatic carbocycles. The number of fused-ring (bicyclic) bond motifs is 2. The second-order valence-electron chi connectivity index (χ2n) is 8.43. The number of carbonyl (C=O) groups is 1. The van der Waals surface area contributed by atoms with Crippen LogP contribution in [-0.2, 0) is 30.9 Å². The highest BCUT2D eigenvalue weighted by molar-refractivity contribution is 5.93. The summed E-state index contributed by atoms with van der Waals surface area (Å²) in [5.41, 5.74) is 2.52. The van der Waals surface area contributed by atoms with Crippen LogP contribution in [0.1, 0.15) is 27.3 Å². The van der Waals surface area contributed by atoms with Gasteiger partial charge in [-0.1, -0.05) is 12.1 Å². The van der Waals surface area contributed by atoms with E-state index in [1.165, 1.54) is 13.2 Å². The van der Waals surface area contributed by atoms with Crippen LogP contribution in [0.5, 0.6) is 17.2 Å². The van der Waals surface area contributed by atoms with E-state index in [4.69, 9.17) is 18.9 Å². The average molecular weight is 478 g/mol. The van der Waals surface area contributed by atoms with Crippen molar-refractivity contribution in [2.75, 3.05) is 33.4 Å². The quantitative estimate of drug-likeness (QED) is 0.500. The molecule has 9 heteroatoms. The number of hydrogen-bond donors (Lipinski definition) is 0. The number of nitrogens with zero attached hydrogens (tertiary/aromatic N) is 3. The summed E-state index contributed by atoms with van der Waals surface area (Å²) in [6, 6.07) is 12.8. The molecule has 0 saturated heterocycles. The summed E-state index contributed by atoms with van der Waals surface area (Å²) in [5, 5.41) is 0. The van der Waals surface area contributed by atoms with Gasteiger partial charge in [-0.05, 0) is 29.8 Å². The van der Waals surface area contributed by atoms with Crippen LogP contribution in [0.4, 0.5) is 0 Å². The van der Waals surface area contributed by atoms with Gasteiger partial charge in [0.15, 0.2) is 11.5 Å². The molecule has 35 heavy (non-hydrogen) atoms. The van der Waals surface area contributed by atoms with E-state index < -0.39 is 5.97 Å². The van der Waals surface area contributed by atoms with Gasteiger partial charge in [-0.2, -0.15) is 0 Å². The predicted molar refractivity (Wildman–Crippen MR) is 127 cm³/mol. The smallest absolute Gasteiger partial charge is 0.343 e. The maximum absolute atomic E-state index is 13.0. The number of benzene rings is 1. The van der Waals surface area contributed by atoms with Gasteiger partial charge >= 0.3 is 5.97 Å². The van der Waals surface area contributed by atoms with Crippen molar-refractivity contribution in [3.05, 3.63) is 81.5 Å². The van der Waals surface area contributed by atoms with Gasteiger partial charge in [0.05, 0.1) is 12.8 Å². The summed E-state index contributed by atoms with van der Waals surface area (Å²) in [6.45, 7) is 3.72. The third kappa shape index (κ3) is 5.00. The molecule has 5 rings (SSSR count). The Balaban J connectivity index is 1.38. The summed E-state index contributed by atoms with van der Waals surface area (Å²) in [6.07, 6.45) is 2.17. The highest BCUT2D eigenvalue weighted by atomic mass is 16.6. The molecule has 2 aliphatic rings. The van der Waals surface area contributed by atoms with E-state index >= 15 is 0 Å². The van der Waals surface area contributed by atoms with Crippen LogP contribution < -0.4 is 19.8 Å². The fraction of sp³-hybridized carbons (Fsp3) is 0.346. The largest absolute Gasteiger partial charge is 0.486 e. The van der Waals surface area contributed by atoms with E-state index in [1.54, 1.807) is 10.8 Å². The molecule has 9 nitrogen and oxygen atoms in total. The normalized spacial score (nSPS) is 15.1. The summed E-state index contributed by atoms with van der Waals surface area (Å²) in [7, 11) is 1.33. The molecule has 0 amide bonds. The number of pyridine rings is 2. The topological polar surface area (TPSA) is 92.1 Å². The summed E-state index contributed by atoms with van der Waals surface area (Å²) >= 11 is 0. The van der Waals surface area contributed by atoms with Crippen molar-refractivity contribution in [2.24, 2.45) is 0 Å². The van der Waals surface area contributed by atoms with Crippen LogP contribution in [0.25, 0.3) is 0 Å². The van der Waals surface area contributed by atoms with Crippen molar-refractivity contribution < 1.29 is 23.7 Å². The lowest BCUT2D eigenvalue weighted by atomic mass is 10.1.